The Balaban J connectivity index is 2.21. The van der Waals surface area contributed by atoms with Crippen molar-refractivity contribution in [1.82, 2.24) is 9.88 Å². The second-order valence-corrected chi connectivity index (χ2v) is 7.44. The highest BCUT2D eigenvalue weighted by Crippen LogP contribution is 2.34. The normalized spacial score (nSPS) is 11.7. The Morgan fingerprint density at radius 2 is 2.04 bits per heavy atom. The Bertz CT molecular complexity index is 887. The lowest BCUT2D eigenvalue weighted by molar-refractivity contribution is 0.175. The molecule has 7 heteroatoms. The van der Waals surface area contributed by atoms with Crippen molar-refractivity contribution in [2.24, 2.45) is 10.1 Å². The second-order valence-electron chi connectivity index (χ2n) is 6.48. The van der Waals surface area contributed by atoms with E-state index in [0.29, 0.717) is 11.8 Å². The summed E-state index contributed by atoms with van der Waals surface area (Å²) in [5.41, 5.74) is 4.62. The molecule has 0 bridgehead atoms. The third-order valence-corrected chi connectivity index (χ3v) is 5.23. The van der Waals surface area contributed by atoms with E-state index in [1.807, 2.05) is 58.1 Å². The zero-order valence-electron chi connectivity index (χ0n) is 17.4. The van der Waals surface area contributed by atoms with Crippen LogP contribution in [0.4, 0.5) is 5.69 Å². The van der Waals surface area contributed by atoms with E-state index in [0.717, 1.165) is 45.4 Å². The number of oxime groups is 1. The highest BCUT2D eigenvalue weighted by atomic mass is 32.1. The van der Waals surface area contributed by atoms with E-state index in [9.17, 15) is 0 Å². The van der Waals surface area contributed by atoms with Crippen LogP contribution in [-0.4, -0.2) is 42.1 Å². The Morgan fingerprint density at radius 3 is 2.71 bits per heavy atom. The smallest absolute Gasteiger partial charge is 0.279 e. The van der Waals surface area contributed by atoms with Gasteiger partial charge in [0.15, 0.2) is 0 Å². The van der Waals surface area contributed by atoms with Crippen LogP contribution in [0.3, 0.4) is 0 Å². The van der Waals surface area contributed by atoms with Crippen LogP contribution in [0.15, 0.2) is 34.9 Å². The molecule has 0 unspecified atom stereocenters. The average molecular weight is 401 g/mol. The van der Waals surface area contributed by atoms with E-state index in [1.54, 1.807) is 6.08 Å². The second kappa shape index (κ2) is 10.0. The fraction of sp³-hybridized carbons (Fsp3) is 0.381. The van der Waals surface area contributed by atoms with Crippen LogP contribution in [0.2, 0.25) is 0 Å². The summed E-state index contributed by atoms with van der Waals surface area (Å²) in [7, 11) is 2.00. The van der Waals surface area contributed by atoms with Crippen molar-refractivity contribution in [1.29, 1.82) is 0 Å². The predicted octanol–water partition coefficient (Wildman–Crippen LogP) is 5.40. The zero-order chi connectivity index (χ0) is 20.7. The van der Waals surface area contributed by atoms with E-state index in [4.69, 9.17) is 9.57 Å². The van der Waals surface area contributed by atoms with Gasteiger partial charge in [-0.2, -0.15) is 0 Å². The van der Waals surface area contributed by atoms with Gasteiger partial charge >= 0.3 is 0 Å². The maximum absolute atomic E-state index is 6.06. The largest absolute Gasteiger partial charge is 0.431 e. The number of aromatic nitrogens is 1. The minimum Gasteiger partial charge on any atom is -0.431 e. The third-order valence-electron chi connectivity index (χ3n) is 4.08. The van der Waals surface area contributed by atoms with E-state index in [1.165, 1.54) is 11.3 Å². The standard InChI is InChI=1S/C21H28N4O2S/c1-8-10-26-24-17(6)20-16(5)23-21(28-20)27-19-12-14(3)18(11-15(19)4)22-13-25(7)9-2/h8,11-13H,1,9-10H2,2-7H3. The number of nitrogens with zero attached hydrogens (tertiary/aromatic N) is 4. The summed E-state index contributed by atoms with van der Waals surface area (Å²) >= 11 is 1.45. The number of benzene rings is 1. The monoisotopic (exact) mass is 400 g/mol. The van der Waals surface area contributed by atoms with Gasteiger partial charge in [0.2, 0.25) is 0 Å². The molecule has 1 heterocycles. The number of thiazole rings is 1. The van der Waals surface area contributed by atoms with E-state index >= 15 is 0 Å². The van der Waals surface area contributed by atoms with Crippen molar-refractivity contribution in [2.45, 2.75) is 34.6 Å². The van der Waals surface area contributed by atoms with Crippen LogP contribution in [-0.2, 0) is 4.84 Å². The molecular weight excluding hydrogens is 372 g/mol. The van der Waals surface area contributed by atoms with E-state index in [2.05, 4.69) is 28.6 Å². The van der Waals surface area contributed by atoms with Gasteiger partial charge < -0.3 is 14.5 Å². The Kier molecular flexibility index (Phi) is 7.75. The quantitative estimate of drug-likeness (QED) is 0.186. The molecule has 1 aromatic carbocycles. The first-order chi connectivity index (χ1) is 13.3. The van der Waals surface area contributed by atoms with Gasteiger partial charge in [-0.1, -0.05) is 29.1 Å². The molecule has 1 aromatic heterocycles. The van der Waals surface area contributed by atoms with Crippen LogP contribution in [0.5, 0.6) is 10.9 Å². The number of hydrogen-bond donors (Lipinski definition) is 0. The van der Waals surface area contributed by atoms with Crippen molar-refractivity contribution in [3.8, 4) is 10.9 Å². The summed E-state index contributed by atoms with van der Waals surface area (Å²) in [5, 5.41) is 4.67. The first-order valence-electron chi connectivity index (χ1n) is 9.14. The van der Waals surface area contributed by atoms with E-state index in [-0.39, 0.29) is 0 Å². The fourth-order valence-corrected chi connectivity index (χ4v) is 3.21. The minimum atomic E-state index is 0.375. The Morgan fingerprint density at radius 1 is 1.29 bits per heavy atom. The topological polar surface area (TPSA) is 59.3 Å². The fourth-order valence-electron chi connectivity index (χ4n) is 2.34. The summed E-state index contributed by atoms with van der Waals surface area (Å²) in [6.07, 6.45) is 3.50. The maximum Gasteiger partial charge on any atom is 0.279 e. The van der Waals surface area contributed by atoms with Gasteiger partial charge in [-0.3, -0.25) is 0 Å². The van der Waals surface area contributed by atoms with Crippen LogP contribution in [0, 0.1) is 20.8 Å². The summed E-state index contributed by atoms with van der Waals surface area (Å²) in [6.45, 7) is 14.8. The van der Waals surface area contributed by atoms with Crippen molar-refractivity contribution < 1.29 is 9.57 Å². The van der Waals surface area contributed by atoms with Crippen molar-refractivity contribution in [2.75, 3.05) is 20.2 Å². The summed E-state index contributed by atoms with van der Waals surface area (Å²) in [6, 6.07) is 4.03. The maximum atomic E-state index is 6.06. The third kappa shape index (κ3) is 5.66. The van der Waals surface area contributed by atoms with Crippen LogP contribution in [0.1, 0.15) is 35.5 Å². The number of hydrogen-bond acceptors (Lipinski definition) is 6. The van der Waals surface area contributed by atoms with E-state index < -0.39 is 0 Å². The molecule has 0 aliphatic heterocycles. The van der Waals surface area contributed by atoms with Gasteiger partial charge in [0.05, 0.1) is 28.3 Å². The minimum absolute atomic E-state index is 0.375. The van der Waals surface area contributed by atoms with Crippen LogP contribution in [0.25, 0.3) is 0 Å². The molecule has 0 saturated carbocycles. The molecule has 28 heavy (non-hydrogen) atoms. The molecule has 0 spiro atoms. The lowest BCUT2D eigenvalue weighted by Crippen LogP contribution is -2.14. The summed E-state index contributed by atoms with van der Waals surface area (Å²) in [4.78, 5) is 17.2. The Hall–Kier alpha value is -2.67. The van der Waals surface area contributed by atoms with Gasteiger partial charge in [0.1, 0.15) is 12.4 Å². The molecule has 0 atom stereocenters. The highest BCUT2D eigenvalue weighted by Gasteiger charge is 2.14. The first-order valence-corrected chi connectivity index (χ1v) is 9.96. The van der Waals surface area contributed by atoms with Gasteiger partial charge in [-0.15, -0.1) is 0 Å². The molecule has 150 valence electrons. The average Bonchev–Trinajstić information content (AvgIpc) is 3.03. The molecule has 0 fully saturated rings. The molecule has 2 aromatic rings. The van der Waals surface area contributed by atoms with Crippen molar-refractivity contribution in [3.63, 3.8) is 0 Å². The van der Waals surface area contributed by atoms with Crippen molar-refractivity contribution in [3.05, 3.63) is 46.5 Å². The Labute approximate surface area is 171 Å². The predicted molar refractivity (Wildman–Crippen MR) is 118 cm³/mol. The molecule has 0 radical (unpaired) electrons. The molecule has 0 aliphatic carbocycles. The number of aryl methyl sites for hydroxylation is 3. The number of rotatable bonds is 9. The van der Waals surface area contributed by atoms with Gasteiger partial charge in [-0.05, 0) is 57.9 Å². The van der Waals surface area contributed by atoms with Gasteiger partial charge in [0.25, 0.3) is 5.19 Å². The molecule has 6 nitrogen and oxygen atoms in total. The number of aliphatic imine (C=N–C) groups is 1. The van der Waals surface area contributed by atoms with Gasteiger partial charge in [0, 0.05) is 13.6 Å². The van der Waals surface area contributed by atoms with Crippen molar-refractivity contribution >= 4 is 29.1 Å². The summed E-state index contributed by atoms with van der Waals surface area (Å²) in [5.74, 6) is 0.776. The van der Waals surface area contributed by atoms with Gasteiger partial charge in [-0.25, -0.2) is 9.98 Å². The molecule has 0 N–H and O–H groups in total. The van der Waals surface area contributed by atoms with Crippen LogP contribution >= 0.6 is 11.3 Å². The zero-order valence-corrected chi connectivity index (χ0v) is 18.3. The SMILES string of the molecule is C=CCON=C(C)c1sc(Oc2cc(C)c(N=CN(C)CC)cc2C)nc1C. The summed E-state index contributed by atoms with van der Waals surface area (Å²) < 4.78 is 6.06. The van der Waals surface area contributed by atoms with Crippen LogP contribution < -0.4 is 4.74 Å². The highest BCUT2D eigenvalue weighted by molar-refractivity contribution is 7.15. The lowest BCUT2D eigenvalue weighted by Gasteiger charge is -2.11. The molecule has 0 amide bonds. The number of ether oxygens (including phenoxy) is 1. The molecule has 0 aliphatic rings. The molecular formula is C21H28N4O2S. The molecule has 0 saturated heterocycles. The molecule has 2 rings (SSSR count). The first kappa shape index (κ1) is 21.6. The lowest BCUT2D eigenvalue weighted by atomic mass is 10.1.